The topological polar surface area (TPSA) is 93.4 Å². The van der Waals surface area contributed by atoms with Crippen molar-refractivity contribution >= 4 is 16.8 Å². The molecule has 0 bridgehead atoms. The highest BCUT2D eigenvalue weighted by molar-refractivity contribution is 5.90. The van der Waals surface area contributed by atoms with Gasteiger partial charge in [-0.25, -0.2) is 4.68 Å². The van der Waals surface area contributed by atoms with Gasteiger partial charge in [0.2, 0.25) is 5.82 Å². The van der Waals surface area contributed by atoms with E-state index in [1.54, 1.807) is 18.1 Å². The molecule has 0 spiro atoms. The number of carbonyl (C=O) groups is 1. The van der Waals surface area contributed by atoms with Crippen LogP contribution in [-0.4, -0.2) is 62.0 Å². The van der Waals surface area contributed by atoms with E-state index in [1.165, 1.54) is 11.8 Å². The van der Waals surface area contributed by atoms with Crippen molar-refractivity contribution in [2.24, 2.45) is 13.0 Å². The number of methoxy groups -OCH3 is 1. The fraction of sp³-hybridized carbons (Fsp3) is 0.368. The number of aliphatic hydroxyl groups is 1. The highest BCUT2D eigenvalue weighted by Gasteiger charge is 2.36. The van der Waals surface area contributed by atoms with Gasteiger partial charge in [0.15, 0.2) is 0 Å². The van der Waals surface area contributed by atoms with Gasteiger partial charge in [0.05, 0.1) is 18.7 Å². The number of aryl methyl sites for hydroxylation is 1. The van der Waals surface area contributed by atoms with E-state index >= 15 is 0 Å². The first-order valence-electron chi connectivity index (χ1n) is 8.82. The number of para-hydroxylation sites is 1. The van der Waals surface area contributed by atoms with Gasteiger partial charge in [-0.1, -0.05) is 18.2 Å². The summed E-state index contributed by atoms with van der Waals surface area (Å²) in [6.07, 6.45) is 1.87. The minimum Gasteiger partial charge on any atom is -0.467 e. The molecule has 3 heterocycles. The Bertz CT molecular complexity index is 981. The van der Waals surface area contributed by atoms with Crippen LogP contribution in [0.5, 0.6) is 6.01 Å². The van der Waals surface area contributed by atoms with Crippen molar-refractivity contribution in [3.63, 3.8) is 0 Å². The van der Waals surface area contributed by atoms with Crippen LogP contribution in [0.25, 0.3) is 10.9 Å². The second-order valence-electron chi connectivity index (χ2n) is 6.77. The molecular weight excluding hydrogens is 346 g/mol. The van der Waals surface area contributed by atoms with E-state index in [0.29, 0.717) is 13.0 Å². The maximum absolute atomic E-state index is 12.7. The van der Waals surface area contributed by atoms with Gasteiger partial charge in [0.25, 0.3) is 5.91 Å². The molecule has 8 nitrogen and oxygen atoms in total. The molecule has 1 amide bonds. The summed E-state index contributed by atoms with van der Waals surface area (Å²) in [5.41, 5.74) is 2.05. The van der Waals surface area contributed by atoms with E-state index in [1.807, 2.05) is 30.3 Å². The van der Waals surface area contributed by atoms with E-state index in [2.05, 4.69) is 15.1 Å². The van der Waals surface area contributed by atoms with Crippen LogP contribution < -0.4 is 4.74 Å². The Hall–Kier alpha value is -3.00. The molecule has 1 N–H and O–H groups in total. The van der Waals surface area contributed by atoms with Gasteiger partial charge < -0.3 is 14.7 Å². The third-order valence-corrected chi connectivity index (χ3v) is 5.01. The Morgan fingerprint density at radius 1 is 1.30 bits per heavy atom. The second kappa shape index (κ2) is 6.96. The van der Waals surface area contributed by atoms with Gasteiger partial charge in [0, 0.05) is 37.6 Å². The lowest BCUT2D eigenvalue weighted by molar-refractivity contribution is 0.0752. The summed E-state index contributed by atoms with van der Waals surface area (Å²) in [4.78, 5) is 22.8. The van der Waals surface area contributed by atoms with E-state index in [-0.39, 0.29) is 30.2 Å². The zero-order valence-corrected chi connectivity index (χ0v) is 15.2. The van der Waals surface area contributed by atoms with E-state index in [0.717, 1.165) is 16.5 Å². The Morgan fingerprint density at radius 2 is 2.11 bits per heavy atom. The number of aromatic nitrogens is 4. The lowest BCUT2D eigenvalue weighted by atomic mass is 9.94. The van der Waals surface area contributed by atoms with Crippen LogP contribution in [-0.2, 0) is 13.5 Å². The minimum atomic E-state index is -0.591. The average Bonchev–Trinajstić information content (AvgIpc) is 3.24. The summed E-state index contributed by atoms with van der Waals surface area (Å²) in [6, 6.07) is 10.2. The van der Waals surface area contributed by atoms with Crippen molar-refractivity contribution < 1.29 is 14.6 Å². The number of ether oxygens (including phenoxy) is 1. The van der Waals surface area contributed by atoms with Gasteiger partial charge in [0.1, 0.15) is 0 Å². The second-order valence-corrected chi connectivity index (χ2v) is 6.77. The molecule has 27 heavy (non-hydrogen) atoms. The molecule has 4 rings (SSSR count). The Balaban J connectivity index is 1.52. The molecule has 0 radical (unpaired) electrons. The average molecular weight is 367 g/mol. The summed E-state index contributed by atoms with van der Waals surface area (Å²) < 4.78 is 6.48. The first kappa shape index (κ1) is 17.4. The summed E-state index contributed by atoms with van der Waals surface area (Å²) in [6.45, 7) is 0.726. The number of amides is 1. The Morgan fingerprint density at radius 3 is 2.89 bits per heavy atom. The van der Waals surface area contributed by atoms with Crippen LogP contribution in [0.2, 0.25) is 0 Å². The van der Waals surface area contributed by atoms with Crippen molar-refractivity contribution in [1.82, 2.24) is 24.6 Å². The van der Waals surface area contributed by atoms with E-state index in [4.69, 9.17) is 4.74 Å². The van der Waals surface area contributed by atoms with Crippen LogP contribution in [0.1, 0.15) is 16.2 Å². The van der Waals surface area contributed by atoms with Gasteiger partial charge in [-0.3, -0.25) is 9.78 Å². The molecule has 0 aliphatic carbocycles. The van der Waals surface area contributed by atoms with Crippen LogP contribution in [0.3, 0.4) is 0 Å². The largest absolute Gasteiger partial charge is 0.467 e. The molecule has 3 aromatic rings. The molecule has 1 aliphatic rings. The number of hydrogen-bond donors (Lipinski definition) is 1. The SMILES string of the molecule is COc1nc(C(=O)N2C[C@@H](Cc3ccnc4ccccc34)[C@H](O)C2)nn1C. The molecule has 0 saturated carbocycles. The first-order chi connectivity index (χ1) is 13.1. The third kappa shape index (κ3) is 3.23. The number of rotatable bonds is 4. The summed E-state index contributed by atoms with van der Waals surface area (Å²) in [5, 5.41) is 15.7. The minimum absolute atomic E-state index is 0.0506. The predicted molar refractivity (Wildman–Crippen MR) is 98.4 cm³/mol. The number of pyridine rings is 1. The molecule has 2 atom stereocenters. The molecular formula is C19H21N5O3. The number of likely N-dealkylation sites (tertiary alicyclic amines) is 1. The lowest BCUT2D eigenvalue weighted by Crippen LogP contribution is -2.30. The quantitative estimate of drug-likeness (QED) is 0.741. The smallest absolute Gasteiger partial charge is 0.314 e. The number of nitrogens with zero attached hydrogens (tertiary/aromatic N) is 5. The fourth-order valence-electron chi connectivity index (χ4n) is 3.62. The monoisotopic (exact) mass is 367 g/mol. The summed E-state index contributed by atoms with van der Waals surface area (Å²) in [7, 11) is 3.14. The zero-order valence-electron chi connectivity index (χ0n) is 15.2. The highest BCUT2D eigenvalue weighted by Crippen LogP contribution is 2.26. The van der Waals surface area contributed by atoms with Gasteiger partial charge in [-0.05, 0) is 24.1 Å². The van der Waals surface area contributed by atoms with Crippen molar-refractivity contribution in [3.8, 4) is 6.01 Å². The summed E-state index contributed by atoms with van der Waals surface area (Å²) >= 11 is 0. The lowest BCUT2D eigenvalue weighted by Gasteiger charge is -2.15. The molecule has 8 heteroatoms. The zero-order chi connectivity index (χ0) is 19.0. The van der Waals surface area contributed by atoms with Crippen molar-refractivity contribution in [2.45, 2.75) is 12.5 Å². The molecule has 1 saturated heterocycles. The van der Waals surface area contributed by atoms with Crippen molar-refractivity contribution in [2.75, 3.05) is 20.2 Å². The van der Waals surface area contributed by atoms with Gasteiger partial charge in [-0.2, -0.15) is 4.98 Å². The molecule has 0 unspecified atom stereocenters. The normalized spacial score (nSPS) is 19.6. The fourth-order valence-corrected chi connectivity index (χ4v) is 3.62. The van der Waals surface area contributed by atoms with Crippen LogP contribution in [0, 0.1) is 5.92 Å². The number of fused-ring (bicyclic) bond motifs is 1. The standard InChI is InChI=1S/C19H21N5O3/c1-23-19(27-2)21-17(22-23)18(26)24-10-13(16(25)11-24)9-12-7-8-20-15-6-4-3-5-14(12)15/h3-8,13,16,25H,9-11H2,1-2H3/t13-,16-/m1/s1. The molecule has 2 aromatic heterocycles. The third-order valence-electron chi connectivity index (χ3n) is 5.01. The number of hydrogen-bond acceptors (Lipinski definition) is 6. The highest BCUT2D eigenvalue weighted by atomic mass is 16.5. The number of β-amino-alcohol motifs (C(OH)–C–C–N with tert-alkyl or cyclic N) is 1. The van der Waals surface area contributed by atoms with E-state index in [9.17, 15) is 9.90 Å². The first-order valence-corrected chi connectivity index (χ1v) is 8.82. The number of benzene rings is 1. The number of aliphatic hydroxyl groups excluding tert-OH is 1. The van der Waals surface area contributed by atoms with Crippen molar-refractivity contribution in [3.05, 3.63) is 47.9 Å². The summed E-state index contributed by atoms with van der Waals surface area (Å²) in [5.74, 6) is -0.267. The predicted octanol–water partition coefficient (Wildman–Crippen LogP) is 1.05. The van der Waals surface area contributed by atoms with E-state index < -0.39 is 6.10 Å². The van der Waals surface area contributed by atoms with Gasteiger partial charge >= 0.3 is 6.01 Å². The van der Waals surface area contributed by atoms with Crippen LogP contribution in [0.4, 0.5) is 0 Å². The van der Waals surface area contributed by atoms with Crippen LogP contribution in [0.15, 0.2) is 36.5 Å². The molecule has 140 valence electrons. The Labute approximate surface area is 156 Å². The maximum Gasteiger partial charge on any atom is 0.314 e. The van der Waals surface area contributed by atoms with Gasteiger partial charge in [-0.15, -0.1) is 5.10 Å². The van der Waals surface area contributed by atoms with Crippen molar-refractivity contribution in [1.29, 1.82) is 0 Å². The molecule has 1 fully saturated rings. The molecule has 1 aromatic carbocycles. The molecule has 1 aliphatic heterocycles. The number of carbonyl (C=O) groups excluding carboxylic acids is 1. The van der Waals surface area contributed by atoms with Crippen LogP contribution >= 0.6 is 0 Å². The Kier molecular flexibility index (Phi) is 4.49. The maximum atomic E-state index is 12.7.